The highest BCUT2D eigenvalue weighted by atomic mass is 32.1. The van der Waals surface area contributed by atoms with Gasteiger partial charge in [0.2, 0.25) is 0 Å². The Hall–Kier alpha value is -1.18. The smallest absolute Gasteiger partial charge is 0.326 e. The molecule has 17 heavy (non-hydrogen) atoms. The topological polar surface area (TPSA) is 97.5 Å². The first-order valence-corrected chi connectivity index (χ1v) is 6.18. The third-order valence-corrected chi connectivity index (χ3v) is 3.51. The minimum Gasteiger partial charge on any atom is -0.480 e. The molecule has 2 unspecified atom stereocenters. The molecule has 6 nitrogen and oxygen atoms in total. The molecular weight excluding hydrogens is 242 g/mol. The fourth-order valence-electron chi connectivity index (χ4n) is 1.64. The summed E-state index contributed by atoms with van der Waals surface area (Å²) in [5.41, 5.74) is 5.74. The van der Waals surface area contributed by atoms with E-state index in [2.05, 4.69) is 17.2 Å². The number of anilines is 1. The van der Waals surface area contributed by atoms with Gasteiger partial charge in [-0.2, -0.15) is 0 Å². The van der Waals surface area contributed by atoms with Gasteiger partial charge in [-0.3, -0.25) is 4.79 Å². The largest absolute Gasteiger partial charge is 0.480 e. The van der Waals surface area contributed by atoms with Crippen molar-refractivity contribution in [3.63, 3.8) is 0 Å². The van der Waals surface area contributed by atoms with Gasteiger partial charge in [-0.05, 0) is 13.3 Å². The Morgan fingerprint density at radius 3 is 3.18 bits per heavy atom. The molecule has 2 atom stereocenters. The maximum atomic E-state index is 10.7. The Morgan fingerprint density at radius 2 is 2.59 bits per heavy atom. The number of carbonyl (C=O) groups is 1. The summed E-state index contributed by atoms with van der Waals surface area (Å²) in [6.07, 6.45) is 0.910. The molecule has 0 amide bonds. The van der Waals surface area contributed by atoms with Gasteiger partial charge in [0.05, 0.1) is 17.8 Å². The lowest BCUT2D eigenvalue weighted by Crippen LogP contribution is -2.34. The highest BCUT2D eigenvalue weighted by Gasteiger charge is 2.30. The van der Waals surface area contributed by atoms with E-state index >= 15 is 0 Å². The molecule has 94 valence electrons. The Kier molecular flexibility index (Phi) is 3.32. The summed E-state index contributed by atoms with van der Waals surface area (Å²) in [4.78, 5) is 14.9. The van der Waals surface area contributed by atoms with Crippen molar-refractivity contribution in [3.05, 3.63) is 11.1 Å². The second-order valence-electron chi connectivity index (χ2n) is 4.38. The molecule has 0 radical (unpaired) electrons. The lowest BCUT2D eigenvalue weighted by Gasteiger charge is -2.22. The molecule has 1 aliphatic rings. The molecule has 1 fully saturated rings. The van der Waals surface area contributed by atoms with Crippen LogP contribution in [0, 0.1) is 0 Å². The van der Waals surface area contributed by atoms with Crippen molar-refractivity contribution in [2.75, 3.05) is 18.5 Å². The Bertz CT molecular complexity index is 415. The number of rotatable bonds is 4. The molecule has 0 spiro atoms. The second-order valence-corrected chi connectivity index (χ2v) is 5.24. The summed E-state index contributed by atoms with van der Waals surface area (Å²) < 4.78 is 5.32. The molecule has 1 aromatic heterocycles. The summed E-state index contributed by atoms with van der Waals surface area (Å²) in [7, 11) is 0. The fraction of sp³-hybridized carbons (Fsp3) is 0.600. The van der Waals surface area contributed by atoms with E-state index in [4.69, 9.17) is 15.6 Å². The first-order chi connectivity index (χ1) is 8.00. The first kappa shape index (κ1) is 12.3. The number of nitrogens with zero attached hydrogens (tertiary/aromatic N) is 1. The average Bonchev–Trinajstić information content (AvgIpc) is 2.87. The number of hydrogen-bond acceptors (Lipinski definition) is 6. The number of hydrogen-bond donors (Lipinski definition) is 3. The fourth-order valence-corrected chi connectivity index (χ4v) is 2.53. The van der Waals surface area contributed by atoms with Crippen LogP contribution in [-0.4, -0.2) is 34.8 Å². The number of thiazole rings is 1. The number of ether oxygens (including phenoxy) is 1. The molecule has 0 aliphatic carbocycles. The van der Waals surface area contributed by atoms with Gasteiger partial charge in [-0.25, -0.2) is 4.98 Å². The van der Waals surface area contributed by atoms with E-state index in [0.717, 1.165) is 13.0 Å². The van der Waals surface area contributed by atoms with Gasteiger partial charge >= 0.3 is 5.97 Å². The summed E-state index contributed by atoms with van der Waals surface area (Å²) in [6, 6.07) is -1.06. The molecule has 4 N–H and O–H groups in total. The molecule has 1 saturated heterocycles. The third-order valence-electron chi connectivity index (χ3n) is 2.73. The molecule has 0 saturated carbocycles. The highest BCUT2D eigenvalue weighted by molar-refractivity contribution is 7.13. The van der Waals surface area contributed by atoms with Gasteiger partial charge in [-0.15, -0.1) is 11.3 Å². The van der Waals surface area contributed by atoms with Gasteiger partial charge < -0.3 is 20.9 Å². The minimum absolute atomic E-state index is 0.123. The summed E-state index contributed by atoms with van der Waals surface area (Å²) >= 11 is 1.36. The molecule has 1 aromatic rings. The molecule has 1 aliphatic heterocycles. The summed E-state index contributed by atoms with van der Waals surface area (Å²) in [5, 5.41) is 14.4. The third kappa shape index (κ3) is 2.74. The number of aliphatic carboxylic acids is 1. The van der Waals surface area contributed by atoms with Gasteiger partial charge in [0, 0.05) is 12.0 Å². The van der Waals surface area contributed by atoms with Crippen LogP contribution in [0.3, 0.4) is 0 Å². The van der Waals surface area contributed by atoms with E-state index in [0.29, 0.717) is 17.4 Å². The van der Waals surface area contributed by atoms with Gasteiger partial charge in [0.15, 0.2) is 5.13 Å². The predicted molar refractivity (Wildman–Crippen MR) is 64.1 cm³/mol. The zero-order valence-corrected chi connectivity index (χ0v) is 10.3. The monoisotopic (exact) mass is 257 g/mol. The van der Waals surface area contributed by atoms with Crippen molar-refractivity contribution in [1.82, 2.24) is 4.98 Å². The quantitative estimate of drug-likeness (QED) is 0.738. The van der Waals surface area contributed by atoms with Gasteiger partial charge in [0.1, 0.15) is 6.04 Å². The molecular formula is C10H15N3O3S. The lowest BCUT2D eigenvalue weighted by molar-refractivity contribution is -0.138. The standard InChI is InChI=1S/C10H15N3O3S/c1-10(2-3-16-5-10)13-9-12-6(4-17-9)7(11)8(14)15/h4,7H,2-3,5,11H2,1H3,(H,12,13)(H,14,15). The van der Waals surface area contributed by atoms with Gasteiger partial charge in [0.25, 0.3) is 0 Å². The SMILES string of the molecule is CC1(Nc2nc(C(N)C(=O)O)cs2)CCOC1. The predicted octanol–water partition coefficient (Wildman–Crippen LogP) is 0.818. The van der Waals surface area contributed by atoms with Crippen LogP contribution in [0.25, 0.3) is 0 Å². The van der Waals surface area contributed by atoms with Crippen LogP contribution in [0.5, 0.6) is 0 Å². The molecule has 0 bridgehead atoms. The lowest BCUT2D eigenvalue weighted by atomic mass is 10.0. The van der Waals surface area contributed by atoms with E-state index in [1.54, 1.807) is 5.38 Å². The number of aromatic nitrogens is 1. The molecule has 0 aromatic carbocycles. The van der Waals surface area contributed by atoms with Crippen LogP contribution in [-0.2, 0) is 9.53 Å². The zero-order chi connectivity index (χ0) is 12.5. The van der Waals surface area contributed by atoms with E-state index < -0.39 is 12.0 Å². The van der Waals surface area contributed by atoms with Crippen molar-refractivity contribution < 1.29 is 14.6 Å². The van der Waals surface area contributed by atoms with Crippen molar-refractivity contribution in [3.8, 4) is 0 Å². The van der Waals surface area contributed by atoms with Gasteiger partial charge in [-0.1, -0.05) is 0 Å². The Labute approximate surface area is 103 Å². The molecule has 2 heterocycles. The Balaban J connectivity index is 2.05. The maximum absolute atomic E-state index is 10.7. The Morgan fingerprint density at radius 1 is 1.82 bits per heavy atom. The first-order valence-electron chi connectivity index (χ1n) is 5.30. The van der Waals surface area contributed by atoms with Crippen molar-refractivity contribution in [2.24, 2.45) is 5.73 Å². The van der Waals surface area contributed by atoms with E-state index in [1.807, 2.05) is 0 Å². The van der Waals surface area contributed by atoms with E-state index in [9.17, 15) is 4.79 Å². The second kappa shape index (κ2) is 4.59. The normalized spacial score (nSPS) is 25.8. The van der Waals surface area contributed by atoms with Crippen LogP contribution in [0.15, 0.2) is 5.38 Å². The maximum Gasteiger partial charge on any atom is 0.326 e. The summed E-state index contributed by atoms with van der Waals surface area (Å²) in [5.74, 6) is -1.07. The van der Waals surface area contributed by atoms with Crippen molar-refractivity contribution in [2.45, 2.75) is 24.9 Å². The molecule has 2 rings (SSSR count). The van der Waals surface area contributed by atoms with Crippen LogP contribution in [0.4, 0.5) is 5.13 Å². The van der Waals surface area contributed by atoms with Crippen molar-refractivity contribution >= 4 is 22.4 Å². The van der Waals surface area contributed by atoms with Crippen molar-refractivity contribution in [1.29, 1.82) is 0 Å². The van der Waals surface area contributed by atoms with E-state index in [1.165, 1.54) is 11.3 Å². The van der Waals surface area contributed by atoms with Crippen LogP contribution in [0.1, 0.15) is 25.1 Å². The van der Waals surface area contributed by atoms with Crippen LogP contribution in [0.2, 0.25) is 0 Å². The number of carboxylic acids is 1. The number of carboxylic acid groups (broad SMARTS) is 1. The van der Waals surface area contributed by atoms with E-state index in [-0.39, 0.29) is 5.54 Å². The van der Waals surface area contributed by atoms with Crippen LogP contribution >= 0.6 is 11.3 Å². The van der Waals surface area contributed by atoms with Crippen LogP contribution < -0.4 is 11.1 Å². The zero-order valence-electron chi connectivity index (χ0n) is 9.47. The number of nitrogens with one attached hydrogen (secondary N) is 1. The summed E-state index contributed by atoms with van der Waals surface area (Å²) in [6.45, 7) is 3.42. The molecule has 7 heteroatoms. The number of nitrogens with two attached hydrogens (primary N) is 1. The average molecular weight is 257 g/mol. The minimum atomic E-state index is -1.07. The highest BCUT2D eigenvalue weighted by Crippen LogP contribution is 2.27.